The molecular formula is C23H46NO8P. The van der Waals surface area contributed by atoms with Crippen LogP contribution in [0.3, 0.4) is 0 Å². The van der Waals surface area contributed by atoms with E-state index in [1.807, 2.05) is 0 Å². The highest BCUT2D eigenvalue weighted by Gasteiger charge is 2.25. The van der Waals surface area contributed by atoms with Crippen LogP contribution >= 0.6 is 7.82 Å². The third-order valence-corrected chi connectivity index (χ3v) is 5.98. The Kier molecular flexibility index (Phi) is 20.9. The fourth-order valence-corrected chi connectivity index (χ4v) is 3.87. The van der Waals surface area contributed by atoms with Crippen molar-refractivity contribution in [2.45, 2.75) is 110 Å². The number of phosphoric acid groups is 1. The molecule has 0 heterocycles. The highest BCUT2D eigenvalue weighted by Crippen LogP contribution is 2.43. The summed E-state index contributed by atoms with van der Waals surface area (Å²) in [7, 11) is -4.33. The van der Waals surface area contributed by atoms with E-state index in [1.54, 1.807) is 0 Å². The molecule has 10 heteroatoms. The van der Waals surface area contributed by atoms with Crippen LogP contribution in [0.4, 0.5) is 0 Å². The van der Waals surface area contributed by atoms with Gasteiger partial charge in [0.15, 0.2) is 6.10 Å². The number of esters is 2. The third kappa shape index (κ3) is 21.3. The molecule has 0 amide bonds. The van der Waals surface area contributed by atoms with E-state index >= 15 is 0 Å². The van der Waals surface area contributed by atoms with Crippen molar-refractivity contribution in [2.24, 2.45) is 5.73 Å². The Balaban J connectivity index is 4.45. The first-order valence-corrected chi connectivity index (χ1v) is 14.0. The Morgan fingerprint density at radius 2 is 1.30 bits per heavy atom. The van der Waals surface area contributed by atoms with E-state index in [2.05, 4.69) is 18.4 Å². The van der Waals surface area contributed by atoms with Crippen LogP contribution in [0.1, 0.15) is 104 Å². The van der Waals surface area contributed by atoms with Crippen molar-refractivity contribution < 1.29 is 37.6 Å². The van der Waals surface area contributed by atoms with E-state index in [0.29, 0.717) is 6.42 Å². The van der Waals surface area contributed by atoms with E-state index in [9.17, 15) is 19.0 Å². The maximum absolute atomic E-state index is 12.2. The molecule has 0 aliphatic carbocycles. The van der Waals surface area contributed by atoms with Crippen LogP contribution in [0.25, 0.3) is 0 Å². The van der Waals surface area contributed by atoms with Gasteiger partial charge in [0.2, 0.25) is 0 Å². The number of ether oxygens (including phenoxy) is 2. The smallest absolute Gasteiger partial charge is 0.462 e. The molecule has 0 saturated carbocycles. The second-order valence-electron chi connectivity index (χ2n) is 8.22. The van der Waals surface area contributed by atoms with Gasteiger partial charge in [-0.1, -0.05) is 78.1 Å². The first kappa shape index (κ1) is 32.0. The zero-order valence-corrected chi connectivity index (χ0v) is 21.5. The Hall–Kier alpha value is -0.990. The van der Waals surface area contributed by atoms with Gasteiger partial charge in [-0.15, -0.1) is 0 Å². The molecule has 33 heavy (non-hydrogen) atoms. The number of unbranched alkanes of at least 4 members (excludes halogenated alkanes) is 10. The molecule has 0 aromatic heterocycles. The number of carbonyl (C=O) groups is 2. The van der Waals surface area contributed by atoms with E-state index in [-0.39, 0.29) is 32.6 Å². The fraction of sp³-hybridized carbons (Fsp3) is 0.913. The number of hydrogen-bond donors (Lipinski definition) is 2. The van der Waals surface area contributed by atoms with E-state index in [1.165, 1.54) is 19.3 Å². The zero-order valence-electron chi connectivity index (χ0n) is 20.6. The summed E-state index contributed by atoms with van der Waals surface area (Å²) in [6.45, 7) is 3.53. The Morgan fingerprint density at radius 3 is 1.85 bits per heavy atom. The summed E-state index contributed by atoms with van der Waals surface area (Å²) in [6.07, 6.45) is 12.0. The van der Waals surface area contributed by atoms with Crippen LogP contribution in [0.5, 0.6) is 0 Å². The lowest BCUT2D eigenvalue weighted by Crippen LogP contribution is -2.29. The molecule has 9 nitrogen and oxygen atoms in total. The SMILES string of the molecule is CCCCCCCCC(=O)OCC(COP(=O)(O)OCCN)OC(=O)CCCCCCCC. The number of nitrogens with two attached hydrogens (primary N) is 1. The van der Waals surface area contributed by atoms with Crippen molar-refractivity contribution in [3.8, 4) is 0 Å². The summed E-state index contributed by atoms with van der Waals surface area (Å²) >= 11 is 0. The monoisotopic (exact) mass is 495 g/mol. The van der Waals surface area contributed by atoms with Gasteiger partial charge in [-0.2, -0.15) is 0 Å². The molecule has 0 spiro atoms. The van der Waals surface area contributed by atoms with Gasteiger partial charge >= 0.3 is 19.8 Å². The normalized spacial score (nSPS) is 13.9. The summed E-state index contributed by atoms with van der Waals surface area (Å²) in [5, 5.41) is 0. The van der Waals surface area contributed by atoms with Crippen LogP contribution in [0.2, 0.25) is 0 Å². The van der Waals surface area contributed by atoms with Gasteiger partial charge in [0.05, 0.1) is 13.2 Å². The zero-order chi connectivity index (χ0) is 24.8. The van der Waals surface area contributed by atoms with Crippen molar-refractivity contribution in [3.63, 3.8) is 0 Å². The number of hydrogen-bond acceptors (Lipinski definition) is 8. The lowest BCUT2D eigenvalue weighted by molar-refractivity contribution is -0.161. The molecular weight excluding hydrogens is 449 g/mol. The Morgan fingerprint density at radius 1 is 0.788 bits per heavy atom. The van der Waals surface area contributed by atoms with E-state index in [4.69, 9.17) is 19.7 Å². The molecule has 0 radical (unpaired) electrons. The maximum Gasteiger partial charge on any atom is 0.472 e. The third-order valence-electron chi connectivity index (χ3n) is 4.99. The Bertz CT molecular complexity index is 547. The number of carbonyl (C=O) groups excluding carboxylic acids is 2. The summed E-state index contributed by atoms with van der Waals surface area (Å²) in [6, 6.07) is 0. The predicted octanol–water partition coefficient (Wildman–Crippen LogP) is 5.03. The lowest BCUT2D eigenvalue weighted by atomic mass is 10.1. The molecule has 0 bridgehead atoms. The highest BCUT2D eigenvalue weighted by molar-refractivity contribution is 7.47. The topological polar surface area (TPSA) is 134 Å². The van der Waals surface area contributed by atoms with Crippen LogP contribution in [0.15, 0.2) is 0 Å². The average molecular weight is 496 g/mol. The standard InChI is InChI=1S/C23H46NO8P/c1-3-5-7-9-11-13-15-22(25)29-19-21(20-31-33(27,28)30-18-17-24)32-23(26)16-14-12-10-8-6-4-2/h21H,3-20,24H2,1-2H3,(H,27,28). The van der Waals surface area contributed by atoms with Crippen molar-refractivity contribution in [2.75, 3.05) is 26.4 Å². The van der Waals surface area contributed by atoms with Gasteiger partial charge in [-0.3, -0.25) is 18.6 Å². The minimum Gasteiger partial charge on any atom is -0.462 e. The predicted molar refractivity (Wildman–Crippen MR) is 128 cm³/mol. The molecule has 0 saturated heterocycles. The molecule has 0 fully saturated rings. The minimum absolute atomic E-state index is 0.0562. The molecule has 0 rings (SSSR count). The largest absolute Gasteiger partial charge is 0.472 e. The van der Waals surface area contributed by atoms with E-state index < -0.39 is 32.5 Å². The van der Waals surface area contributed by atoms with Gasteiger partial charge in [0.1, 0.15) is 6.61 Å². The second kappa shape index (κ2) is 21.5. The average Bonchev–Trinajstić information content (AvgIpc) is 2.79. The first-order chi connectivity index (χ1) is 15.8. The first-order valence-electron chi connectivity index (χ1n) is 12.5. The molecule has 0 aromatic carbocycles. The van der Waals surface area contributed by atoms with Crippen molar-refractivity contribution in [3.05, 3.63) is 0 Å². The van der Waals surface area contributed by atoms with Gasteiger partial charge < -0.3 is 20.1 Å². The maximum atomic E-state index is 12.2. The number of phosphoric ester groups is 1. The number of rotatable bonds is 23. The van der Waals surface area contributed by atoms with Crippen LogP contribution < -0.4 is 5.73 Å². The van der Waals surface area contributed by atoms with Gasteiger partial charge in [0, 0.05) is 19.4 Å². The summed E-state index contributed by atoms with van der Waals surface area (Å²) < 4.78 is 32.0. The molecule has 2 atom stereocenters. The van der Waals surface area contributed by atoms with Gasteiger partial charge in [-0.25, -0.2) is 4.57 Å². The molecule has 0 aliphatic heterocycles. The van der Waals surface area contributed by atoms with Crippen LogP contribution in [0, 0.1) is 0 Å². The Labute approximate surface area is 199 Å². The quantitative estimate of drug-likeness (QED) is 0.114. The molecule has 0 aromatic rings. The summed E-state index contributed by atoms with van der Waals surface area (Å²) in [4.78, 5) is 33.9. The lowest BCUT2D eigenvalue weighted by Gasteiger charge is -2.19. The van der Waals surface area contributed by atoms with Gasteiger partial charge in [-0.05, 0) is 12.8 Å². The summed E-state index contributed by atoms with van der Waals surface area (Å²) in [5.74, 6) is -0.851. The highest BCUT2D eigenvalue weighted by atomic mass is 31.2. The molecule has 196 valence electrons. The van der Waals surface area contributed by atoms with E-state index in [0.717, 1.165) is 51.4 Å². The molecule has 3 N–H and O–H groups in total. The van der Waals surface area contributed by atoms with Gasteiger partial charge in [0.25, 0.3) is 0 Å². The fourth-order valence-electron chi connectivity index (χ4n) is 3.10. The second-order valence-corrected chi connectivity index (χ2v) is 9.67. The minimum atomic E-state index is -4.33. The van der Waals surface area contributed by atoms with Crippen molar-refractivity contribution in [1.29, 1.82) is 0 Å². The molecule has 0 aliphatic rings. The van der Waals surface area contributed by atoms with Crippen LogP contribution in [-0.2, 0) is 32.7 Å². The van der Waals surface area contributed by atoms with Crippen molar-refractivity contribution in [1.82, 2.24) is 0 Å². The van der Waals surface area contributed by atoms with Crippen molar-refractivity contribution >= 4 is 19.8 Å². The summed E-state index contributed by atoms with van der Waals surface area (Å²) in [5.41, 5.74) is 5.26. The molecule has 2 unspecified atom stereocenters. The van der Waals surface area contributed by atoms with Crippen LogP contribution in [-0.4, -0.2) is 49.3 Å².